The number of carbonyl (C=O) groups excluding carboxylic acids is 2. The van der Waals surface area contributed by atoms with Crippen molar-refractivity contribution in [3.63, 3.8) is 0 Å². The molecule has 0 spiro atoms. The Hall–Kier alpha value is -1.11. The van der Waals surface area contributed by atoms with Crippen molar-refractivity contribution in [3.05, 3.63) is 0 Å². The zero-order valence-corrected chi connectivity index (χ0v) is 10.9. The molecule has 1 fully saturated rings. The number of likely N-dealkylation sites (N-methyl/N-ethyl adjacent to an activating group) is 1. The Balaban J connectivity index is 2.36. The number of urea groups is 1. The molecule has 2 aliphatic rings. The van der Waals surface area contributed by atoms with E-state index < -0.39 is 18.2 Å². The van der Waals surface area contributed by atoms with Crippen molar-refractivity contribution >= 4 is 32.6 Å². The third-order valence-electron chi connectivity index (χ3n) is 2.81. The summed E-state index contributed by atoms with van der Waals surface area (Å²) < 4.78 is 0.620. The Bertz CT molecular complexity index is 382. The van der Waals surface area contributed by atoms with E-state index in [4.69, 9.17) is 0 Å². The summed E-state index contributed by atoms with van der Waals surface area (Å²) in [6.07, 6.45) is -0.432. The molecule has 2 atom stereocenters. The van der Waals surface area contributed by atoms with Crippen LogP contribution in [0.15, 0.2) is 4.99 Å². The number of amidine groups is 1. The number of hydrogen-bond donors (Lipinski definition) is 1. The first-order valence-electron chi connectivity index (χ1n) is 5.02. The van der Waals surface area contributed by atoms with Crippen LogP contribution < -0.4 is 5.32 Å². The molecule has 2 aliphatic heterocycles. The highest BCUT2D eigenvalue weighted by atomic mass is 79.9. The Morgan fingerprint density at radius 2 is 2.06 bits per heavy atom. The van der Waals surface area contributed by atoms with Crippen LogP contribution in [0.1, 0.15) is 13.8 Å². The number of carbonyl (C=O) groups is 2. The number of hydrogen-bond acceptors (Lipinski definition) is 4. The van der Waals surface area contributed by atoms with E-state index in [1.165, 1.54) is 4.90 Å². The zero-order valence-electron chi connectivity index (χ0n) is 9.27. The molecule has 0 saturated carbocycles. The summed E-state index contributed by atoms with van der Waals surface area (Å²) in [6, 6.07) is -0.696. The molecule has 88 valence electrons. The average molecular weight is 289 g/mol. The van der Waals surface area contributed by atoms with Crippen molar-refractivity contribution in [2.75, 3.05) is 7.05 Å². The van der Waals surface area contributed by atoms with E-state index in [0.29, 0.717) is 4.74 Å². The summed E-state index contributed by atoms with van der Waals surface area (Å²) in [6.45, 7) is 3.95. The van der Waals surface area contributed by atoms with Gasteiger partial charge in [0.1, 0.15) is 0 Å². The summed E-state index contributed by atoms with van der Waals surface area (Å²) in [5.74, 6) is -0.292. The Labute approximate surface area is 102 Å². The Kier molecular flexibility index (Phi) is 2.65. The summed E-state index contributed by atoms with van der Waals surface area (Å²) in [4.78, 5) is 30.8. The van der Waals surface area contributed by atoms with Crippen molar-refractivity contribution in [1.29, 1.82) is 0 Å². The first-order valence-corrected chi connectivity index (χ1v) is 5.82. The first kappa shape index (κ1) is 11.4. The molecule has 2 heterocycles. The van der Waals surface area contributed by atoms with Gasteiger partial charge in [0.25, 0.3) is 5.91 Å². The van der Waals surface area contributed by atoms with Gasteiger partial charge in [0.15, 0.2) is 17.0 Å². The number of rotatable bonds is 1. The maximum atomic E-state index is 11.8. The average Bonchev–Trinajstić information content (AvgIpc) is 2.52. The van der Waals surface area contributed by atoms with E-state index in [0.717, 1.165) is 0 Å². The van der Waals surface area contributed by atoms with E-state index in [1.807, 2.05) is 18.7 Å². The summed E-state index contributed by atoms with van der Waals surface area (Å²) >= 11 is 3.33. The minimum absolute atomic E-state index is 0.139. The predicted molar refractivity (Wildman–Crippen MR) is 62.2 cm³/mol. The fourth-order valence-electron chi connectivity index (χ4n) is 1.99. The quantitative estimate of drug-likeness (QED) is 0.708. The minimum atomic E-state index is -0.433. The van der Waals surface area contributed by atoms with E-state index in [1.54, 1.807) is 7.05 Å². The summed E-state index contributed by atoms with van der Waals surface area (Å²) in [7, 11) is 1.63. The van der Waals surface area contributed by atoms with E-state index >= 15 is 0 Å². The smallest absolute Gasteiger partial charge is 0.325 e. The molecule has 0 aromatic rings. The number of halogens is 1. The number of nitrogens with one attached hydrogen (secondary N) is 1. The molecule has 0 aromatic heterocycles. The van der Waals surface area contributed by atoms with Crippen LogP contribution in [0.3, 0.4) is 0 Å². The summed E-state index contributed by atoms with van der Waals surface area (Å²) in [5, 5.41) is 2.32. The molecule has 0 radical (unpaired) electrons. The van der Waals surface area contributed by atoms with Gasteiger partial charge in [0.2, 0.25) is 0 Å². The topological polar surface area (TPSA) is 65.0 Å². The molecule has 1 saturated heterocycles. The van der Waals surface area contributed by atoms with Gasteiger partial charge < -0.3 is 9.80 Å². The lowest BCUT2D eigenvalue weighted by Crippen LogP contribution is -2.64. The van der Waals surface area contributed by atoms with Crippen LogP contribution in [-0.4, -0.2) is 51.8 Å². The van der Waals surface area contributed by atoms with E-state index in [2.05, 4.69) is 26.2 Å². The number of nitrogens with zero attached hydrogens (tertiary/aromatic N) is 3. The second-order valence-electron chi connectivity index (χ2n) is 4.16. The minimum Gasteiger partial charge on any atom is -0.333 e. The normalized spacial score (nSPS) is 29.4. The maximum Gasteiger partial charge on any atom is 0.325 e. The van der Waals surface area contributed by atoms with Crippen LogP contribution in [0.25, 0.3) is 0 Å². The Morgan fingerprint density at radius 1 is 1.44 bits per heavy atom. The number of amides is 3. The molecule has 1 N–H and O–H groups in total. The van der Waals surface area contributed by atoms with Crippen LogP contribution in [0.2, 0.25) is 0 Å². The second kappa shape index (κ2) is 3.73. The van der Waals surface area contributed by atoms with Gasteiger partial charge >= 0.3 is 6.03 Å². The highest BCUT2D eigenvalue weighted by molar-refractivity contribution is 9.18. The van der Waals surface area contributed by atoms with Crippen molar-refractivity contribution in [3.8, 4) is 0 Å². The molecule has 0 aliphatic carbocycles. The molecule has 0 bridgehead atoms. The molecule has 2 unspecified atom stereocenters. The number of imide groups is 1. The third kappa shape index (κ3) is 1.50. The van der Waals surface area contributed by atoms with Gasteiger partial charge in [-0.15, -0.1) is 0 Å². The lowest BCUT2D eigenvalue weighted by Gasteiger charge is -2.37. The SMILES string of the molecule is CC(C)N1C(Br)=NC2C1C(=O)NC(=O)N2C. The van der Waals surface area contributed by atoms with Gasteiger partial charge in [-0.1, -0.05) is 0 Å². The van der Waals surface area contributed by atoms with Crippen LogP contribution in [0.5, 0.6) is 0 Å². The second-order valence-corrected chi connectivity index (χ2v) is 4.87. The van der Waals surface area contributed by atoms with Crippen molar-refractivity contribution < 1.29 is 9.59 Å². The molecular formula is C9H13BrN4O2. The van der Waals surface area contributed by atoms with E-state index in [9.17, 15) is 9.59 Å². The fraction of sp³-hybridized carbons (Fsp3) is 0.667. The Morgan fingerprint density at radius 3 is 2.62 bits per heavy atom. The van der Waals surface area contributed by atoms with Crippen LogP contribution in [-0.2, 0) is 4.79 Å². The van der Waals surface area contributed by atoms with Crippen LogP contribution >= 0.6 is 15.9 Å². The lowest BCUT2D eigenvalue weighted by molar-refractivity contribution is -0.127. The van der Waals surface area contributed by atoms with Gasteiger partial charge in [0.05, 0.1) is 0 Å². The highest BCUT2D eigenvalue weighted by Gasteiger charge is 2.48. The number of aliphatic imine (C=N–C) groups is 1. The fourth-order valence-corrected chi connectivity index (χ4v) is 2.83. The molecule has 0 aromatic carbocycles. The van der Waals surface area contributed by atoms with Gasteiger partial charge in [-0.3, -0.25) is 10.1 Å². The van der Waals surface area contributed by atoms with E-state index in [-0.39, 0.29) is 11.9 Å². The van der Waals surface area contributed by atoms with Gasteiger partial charge in [-0.25, -0.2) is 9.79 Å². The van der Waals surface area contributed by atoms with Crippen molar-refractivity contribution in [1.82, 2.24) is 15.1 Å². The summed E-state index contributed by atoms with van der Waals surface area (Å²) in [5.41, 5.74) is 0. The van der Waals surface area contributed by atoms with Gasteiger partial charge in [0, 0.05) is 13.1 Å². The molecule has 16 heavy (non-hydrogen) atoms. The highest BCUT2D eigenvalue weighted by Crippen LogP contribution is 2.27. The van der Waals surface area contributed by atoms with Crippen LogP contribution in [0.4, 0.5) is 4.79 Å². The van der Waals surface area contributed by atoms with Crippen molar-refractivity contribution in [2.45, 2.75) is 32.1 Å². The predicted octanol–water partition coefficient (Wildman–Crippen LogP) is 0.338. The molecule has 7 heteroatoms. The standard InChI is InChI=1S/C9H13BrN4O2/c1-4(2)14-5-6(11-8(14)10)13(3)9(16)12-7(5)15/h4-6H,1-3H3,(H,12,15,16). The lowest BCUT2D eigenvalue weighted by atomic mass is 10.1. The van der Waals surface area contributed by atoms with Crippen molar-refractivity contribution in [2.24, 2.45) is 4.99 Å². The third-order valence-corrected chi connectivity index (χ3v) is 3.42. The van der Waals surface area contributed by atoms with Gasteiger partial charge in [-0.05, 0) is 29.8 Å². The largest absolute Gasteiger partial charge is 0.333 e. The maximum absolute atomic E-state index is 11.8. The zero-order chi connectivity index (χ0) is 12.0. The number of fused-ring (bicyclic) bond motifs is 1. The first-order chi connectivity index (χ1) is 7.43. The molecule has 6 nitrogen and oxygen atoms in total. The van der Waals surface area contributed by atoms with Crippen LogP contribution in [0, 0.1) is 0 Å². The molecule has 3 amide bonds. The monoisotopic (exact) mass is 288 g/mol. The molecule has 2 rings (SSSR count). The molecular weight excluding hydrogens is 276 g/mol. The van der Waals surface area contributed by atoms with Gasteiger partial charge in [-0.2, -0.15) is 0 Å².